The number of piperidine rings is 1. The third-order valence-electron chi connectivity index (χ3n) is 4.84. The summed E-state index contributed by atoms with van der Waals surface area (Å²) in [6.45, 7) is 8.26. The van der Waals surface area contributed by atoms with Crippen molar-refractivity contribution in [2.45, 2.75) is 57.2 Å². The van der Waals surface area contributed by atoms with Crippen molar-refractivity contribution in [1.82, 2.24) is 9.80 Å². The molecule has 0 amide bonds. The molecule has 3 nitrogen and oxygen atoms in total. The van der Waals surface area contributed by atoms with Crippen LogP contribution in [0.3, 0.4) is 0 Å². The number of fused-ring (bicyclic) bond motifs is 1. The van der Waals surface area contributed by atoms with Crippen LogP contribution in [0.15, 0.2) is 0 Å². The molecule has 0 aromatic carbocycles. The number of piperazine rings is 1. The molecule has 3 saturated heterocycles. The van der Waals surface area contributed by atoms with Crippen molar-refractivity contribution < 1.29 is 4.74 Å². The lowest BCUT2D eigenvalue weighted by atomic mass is 9.95. The maximum absolute atomic E-state index is 5.66. The zero-order valence-corrected chi connectivity index (χ0v) is 11.1. The molecule has 3 atom stereocenters. The number of hydrogen-bond acceptors (Lipinski definition) is 3. The molecule has 3 unspecified atom stereocenters. The van der Waals surface area contributed by atoms with Gasteiger partial charge in [0, 0.05) is 37.8 Å². The van der Waals surface area contributed by atoms with Gasteiger partial charge in [-0.05, 0) is 39.2 Å². The molecule has 17 heavy (non-hydrogen) atoms. The van der Waals surface area contributed by atoms with E-state index >= 15 is 0 Å². The molecule has 3 heteroatoms. The Labute approximate surface area is 105 Å². The number of rotatable bonds is 1. The first kappa shape index (κ1) is 11.9. The quantitative estimate of drug-likeness (QED) is 0.692. The normalized spacial score (nSPS) is 41.1. The predicted molar refractivity (Wildman–Crippen MR) is 69.2 cm³/mol. The van der Waals surface area contributed by atoms with E-state index in [1.807, 2.05) is 0 Å². The van der Waals surface area contributed by atoms with E-state index in [9.17, 15) is 0 Å². The fraction of sp³-hybridized carbons (Fsp3) is 1.00. The second-order valence-corrected chi connectivity index (χ2v) is 6.06. The van der Waals surface area contributed by atoms with Crippen molar-refractivity contribution in [2.24, 2.45) is 0 Å². The van der Waals surface area contributed by atoms with Crippen LogP contribution in [0.2, 0.25) is 0 Å². The maximum Gasteiger partial charge on any atom is 0.0621 e. The highest BCUT2D eigenvalue weighted by molar-refractivity contribution is 4.92. The van der Waals surface area contributed by atoms with Gasteiger partial charge < -0.3 is 4.74 Å². The Morgan fingerprint density at radius 2 is 1.88 bits per heavy atom. The Balaban J connectivity index is 1.64. The fourth-order valence-electron chi connectivity index (χ4n) is 3.87. The summed E-state index contributed by atoms with van der Waals surface area (Å²) in [5, 5.41) is 0. The largest absolute Gasteiger partial charge is 0.380 e. The third-order valence-corrected chi connectivity index (χ3v) is 4.84. The molecule has 98 valence electrons. The summed E-state index contributed by atoms with van der Waals surface area (Å²) in [4.78, 5) is 5.47. The van der Waals surface area contributed by atoms with Crippen LogP contribution in [0, 0.1) is 0 Å². The predicted octanol–water partition coefficient (Wildman–Crippen LogP) is 1.72. The summed E-state index contributed by atoms with van der Waals surface area (Å²) in [7, 11) is 0. The summed E-state index contributed by atoms with van der Waals surface area (Å²) < 4.78 is 5.66. The molecular weight excluding hydrogens is 212 g/mol. The Morgan fingerprint density at radius 1 is 1.00 bits per heavy atom. The highest BCUT2D eigenvalue weighted by atomic mass is 16.5. The summed E-state index contributed by atoms with van der Waals surface area (Å²) >= 11 is 0. The van der Waals surface area contributed by atoms with E-state index < -0.39 is 0 Å². The molecule has 0 N–H and O–H groups in total. The third kappa shape index (κ3) is 2.51. The molecule has 0 aromatic heterocycles. The van der Waals surface area contributed by atoms with E-state index in [0.717, 1.165) is 25.3 Å². The molecule has 3 heterocycles. The van der Waals surface area contributed by atoms with Gasteiger partial charge in [-0.2, -0.15) is 0 Å². The lowest BCUT2D eigenvalue weighted by Gasteiger charge is -2.50. The first-order valence-corrected chi connectivity index (χ1v) is 7.42. The van der Waals surface area contributed by atoms with Gasteiger partial charge in [0.15, 0.2) is 0 Å². The van der Waals surface area contributed by atoms with Crippen molar-refractivity contribution in [2.75, 3.05) is 32.8 Å². The van der Waals surface area contributed by atoms with Crippen LogP contribution in [0.1, 0.15) is 39.0 Å². The number of hydrogen-bond donors (Lipinski definition) is 0. The minimum atomic E-state index is 0.697. The van der Waals surface area contributed by atoms with Gasteiger partial charge in [-0.1, -0.05) is 6.42 Å². The molecule has 3 aliphatic heterocycles. The maximum atomic E-state index is 5.66. The van der Waals surface area contributed by atoms with Gasteiger partial charge in [-0.25, -0.2) is 0 Å². The van der Waals surface area contributed by atoms with Crippen LogP contribution in [0.4, 0.5) is 0 Å². The Bertz CT molecular complexity index is 253. The average molecular weight is 238 g/mol. The van der Waals surface area contributed by atoms with Crippen LogP contribution in [-0.2, 0) is 4.74 Å². The topological polar surface area (TPSA) is 15.7 Å². The fourth-order valence-corrected chi connectivity index (χ4v) is 3.87. The summed E-state index contributed by atoms with van der Waals surface area (Å²) in [5.41, 5.74) is 0. The van der Waals surface area contributed by atoms with E-state index in [-0.39, 0.29) is 0 Å². The van der Waals surface area contributed by atoms with Crippen molar-refractivity contribution in [1.29, 1.82) is 0 Å². The van der Waals surface area contributed by atoms with Gasteiger partial charge in [0.2, 0.25) is 0 Å². The molecule has 0 aromatic rings. The second-order valence-electron chi connectivity index (χ2n) is 6.06. The molecule has 0 bridgehead atoms. The smallest absolute Gasteiger partial charge is 0.0621 e. The highest BCUT2D eigenvalue weighted by Crippen LogP contribution is 2.27. The lowest BCUT2D eigenvalue weighted by molar-refractivity contribution is -0.0507. The van der Waals surface area contributed by atoms with Crippen molar-refractivity contribution in [3.05, 3.63) is 0 Å². The molecule has 0 aliphatic carbocycles. The first-order valence-electron chi connectivity index (χ1n) is 7.42. The average Bonchev–Trinajstić information content (AvgIpc) is 2.39. The SMILES string of the molecule is CC1CN2CCCCC2CN1C1CCCOC1. The zero-order chi connectivity index (χ0) is 11.7. The van der Waals surface area contributed by atoms with Crippen LogP contribution < -0.4 is 0 Å². The van der Waals surface area contributed by atoms with Gasteiger partial charge >= 0.3 is 0 Å². The monoisotopic (exact) mass is 238 g/mol. The van der Waals surface area contributed by atoms with Gasteiger partial charge in [0.05, 0.1) is 6.61 Å². The van der Waals surface area contributed by atoms with Crippen molar-refractivity contribution in [3.8, 4) is 0 Å². The van der Waals surface area contributed by atoms with E-state index in [1.54, 1.807) is 0 Å². The minimum Gasteiger partial charge on any atom is -0.380 e. The van der Waals surface area contributed by atoms with Gasteiger partial charge in [-0.15, -0.1) is 0 Å². The summed E-state index contributed by atoms with van der Waals surface area (Å²) in [5.74, 6) is 0. The standard InChI is InChI=1S/C14H26N2O/c1-12-9-15-7-3-2-5-13(15)10-16(12)14-6-4-8-17-11-14/h12-14H,2-11H2,1H3. The summed E-state index contributed by atoms with van der Waals surface area (Å²) in [6, 6.07) is 2.25. The molecule has 0 spiro atoms. The molecule has 0 saturated carbocycles. The van der Waals surface area contributed by atoms with Gasteiger partial charge in [0.1, 0.15) is 0 Å². The minimum absolute atomic E-state index is 0.697. The summed E-state index contributed by atoms with van der Waals surface area (Å²) in [6.07, 6.45) is 6.86. The Morgan fingerprint density at radius 3 is 2.71 bits per heavy atom. The lowest BCUT2D eigenvalue weighted by Crippen LogP contribution is -2.62. The molecule has 3 aliphatic rings. The molecular formula is C14H26N2O. The second kappa shape index (κ2) is 5.25. The van der Waals surface area contributed by atoms with Gasteiger partial charge in [-0.3, -0.25) is 9.80 Å². The van der Waals surface area contributed by atoms with E-state index in [1.165, 1.54) is 51.7 Å². The van der Waals surface area contributed by atoms with E-state index in [2.05, 4.69) is 16.7 Å². The van der Waals surface area contributed by atoms with Gasteiger partial charge in [0.25, 0.3) is 0 Å². The van der Waals surface area contributed by atoms with E-state index in [4.69, 9.17) is 4.74 Å². The number of nitrogens with zero attached hydrogens (tertiary/aromatic N) is 2. The molecule has 3 rings (SSSR count). The zero-order valence-electron chi connectivity index (χ0n) is 11.1. The Hall–Kier alpha value is -0.120. The Kier molecular flexibility index (Phi) is 3.69. The van der Waals surface area contributed by atoms with Crippen LogP contribution in [-0.4, -0.2) is 60.8 Å². The van der Waals surface area contributed by atoms with Crippen molar-refractivity contribution in [3.63, 3.8) is 0 Å². The molecule has 0 radical (unpaired) electrons. The van der Waals surface area contributed by atoms with Crippen LogP contribution >= 0.6 is 0 Å². The molecule has 3 fully saturated rings. The highest BCUT2D eigenvalue weighted by Gasteiger charge is 2.36. The van der Waals surface area contributed by atoms with Crippen molar-refractivity contribution >= 4 is 0 Å². The van der Waals surface area contributed by atoms with Crippen LogP contribution in [0.5, 0.6) is 0 Å². The number of ether oxygens (including phenoxy) is 1. The van der Waals surface area contributed by atoms with Crippen LogP contribution in [0.25, 0.3) is 0 Å². The first-order chi connectivity index (χ1) is 8.34. The van der Waals surface area contributed by atoms with E-state index in [0.29, 0.717) is 6.04 Å².